The Bertz CT molecular complexity index is 1510. The summed E-state index contributed by atoms with van der Waals surface area (Å²) >= 11 is 0. The maximum Gasteiger partial charge on any atom is 4.00 e. The molecule has 0 saturated carbocycles. The number of rotatable bonds is 8. The van der Waals surface area contributed by atoms with Gasteiger partial charge >= 0.3 is 25.8 Å². The molecule has 0 unspecified atom stereocenters. The molecule has 40 heavy (non-hydrogen) atoms. The van der Waals surface area contributed by atoms with Crippen LogP contribution in [-0.2, 0) is 31.3 Å². The molecule has 0 atom stereocenters. The summed E-state index contributed by atoms with van der Waals surface area (Å²) in [5, 5.41) is 5.41. The fraction of sp³-hybridized carbons (Fsp3) is 0.179. The summed E-state index contributed by atoms with van der Waals surface area (Å²) in [6, 6.07) is 45.1. The van der Waals surface area contributed by atoms with E-state index in [4.69, 9.17) is 0 Å². The van der Waals surface area contributed by atoms with E-state index in [1.165, 1.54) is 54.9 Å². The molecule has 0 aliphatic rings. The Hall–Kier alpha value is -3.03. The third-order valence-electron chi connectivity index (χ3n) is 8.13. The Morgan fingerprint density at radius 3 is 1.30 bits per heavy atom. The van der Waals surface area contributed by atoms with Crippen molar-refractivity contribution in [2.75, 3.05) is 0 Å². The molecule has 1 heteroatoms. The van der Waals surface area contributed by atoms with E-state index < -0.39 is 0 Å². The Morgan fingerprint density at radius 2 is 0.925 bits per heavy atom. The van der Waals surface area contributed by atoms with Gasteiger partial charge in [0.2, 0.25) is 0 Å². The first-order valence-corrected chi connectivity index (χ1v) is 13.7. The largest absolute Gasteiger partial charge is 4.00 e. The van der Waals surface area contributed by atoms with Crippen LogP contribution in [0.25, 0.3) is 43.8 Å². The van der Waals surface area contributed by atoms with Crippen LogP contribution in [0.2, 0.25) is 0 Å². The monoisotopic (exact) mass is 688 g/mol. The van der Waals surface area contributed by atoms with Crippen molar-refractivity contribution in [3.8, 4) is 22.3 Å². The van der Waals surface area contributed by atoms with Gasteiger partial charge in [-0.3, -0.25) is 0 Å². The van der Waals surface area contributed by atoms with E-state index in [-0.39, 0.29) is 46.1 Å². The fourth-order valence-corrected chi connectivity index (χ4v) is 6.48. The zero-order chi connectivity index (χ0) is 25.2. The molecule has 0 radical (unpaired) electrons. The normalized spacial score (nSPS) is 11.1. The van der Waals surface area contributed by atoms with E-state index in [0.29, 0.717) is 0 Å². The molecule has 6 rings (SSSR count). The van der Waals surface area contributed by atoms with Crippen LogP contribution in [0.15, 0.2) is 121 Å². The van der Waals surface area contributed by atoms with Crippen molar-refractivity contribution in [1.82, 2.24) is 0 Å². The molecular formula is C39H40Hf. The molecular weight excluding hydrogens is 647 g/mol. The molecule has 0 N–H and O–H groups in total. The van der Waals surface area contributed by atoms with Crippen molar-refractivity contribution in [2.45, 2.75) is 44.9 Å². The average Bonchev–Trinajstić information content (AvgIpc) is 3.59. The quantitative estimate of drug-likeness (QED) is 0.110. The predicted molar refractivity (Wildman–Crippen MR) is 173 cm³/mol. The van der Waals surface area contributed by atoms with Crippen molar-refractivity contribution in [2.24, 2.45) is 0 Å². The number of hydrogen-bond acceptors (Lipinski definition) is 0. The van der Waals surface area contributed by atoms with Gasteiger partial charge in [-0.05, 0) is 29.4 Å². The summed E-state index contributed by atoms with van der Waals surface area (Å²) in [7, 11) is 0. The Morgan fingerprint density at radius 1 is 0.525 bits per heavy atom. The van der Waals surface area contributed by atoms with Crippen molar-refractivity contribution < 1.29 is 25.8 Å². The third kappa shape index (κ3) is 5.59. The maximum absolute atomic E-state index is 2.50. The van der Waals surface area contributed by atoms with E-state index in [1.54, 1.807) is 0 Å². The van der Waals surface area contributed by atoms with E-state index in [0.717, 1.165) is 25.7 Å². The molecule has 6 aromatic carbocycles. The van der Waals surface area contributed by atoms with Gasteiger partial charge in [0.15, 0.2) is 0 Å². The van der Waals surface area contributed by atoms with Crippen LogP contribution < -0.4 is 0 Å². The molecule has 0 aromatic heterocycles. The van der Waals surface area contributed by atoms with Crippen LogP contribution in [-0.4, -0.2) is 0 Å². The van der Waals surface area contributed by atoms with Crippen molar-refractivity contribution in [1.29, 1.82) is 0 Å². The number of hydrogen-bond donors (Lipinski definition) is 0. The standard InChI is InChI=1S/C37H34.2CH3.Hf/c1-3-21-37(22-4-2,31-23-29-17-11-19-33(35(29)25-31)27-13-7-5-8-14-27)32-24-30-18-12-20-34(36(30)26-32)28-15-9-6-10-16-28;;;/h5-20,23-26H,3-4,21-22H2,1-2H3;2*1H3;/q-2;2*-1;+4. The van der Waals surface area contributed by atoms with Crippen LogP contribution in [0.3, 0.4) is 0 Å². The molecule has 0 heterocycles. The van der Waals surface area contributed by atoms with Crippen LogP contribution >= 0.6 is 0 Å². The van der Waals surface area contributed by atoms with E-state index in [9.17, 15) is 0 Å². The zero-order valence-electron chi connectivity index (χ0n) is 24.4. The van der Waals surface area contributed by atoms with Gasteiger partial charge in [-0.15, -0.1) is 69.1 Å². The zero-order valence-corrected chi connectivity index (χ0v) is 28.0. The van der Waals surface area contributed by atoms with Crippen LogP contribution in [0, 0.1) is 14.9 Å². The first-order valence-electron chi connectivity index (χ1n) is 13.7. The smallest absolute Gasteiger partial charge is 0.358 e. The Kier molecular flexibility index (Phi) is 10.7. The molecule has 0 fully saturated rings. The first-order chi connectivity index (χ1) is 18.2. The summed E-state index contributed by atoms with van der Waals surface area (Å²) in [6.45, 7) is 4.67. The predicted octanol–water partition coefficient (Wildman–Crippen LogP) is 11.5. The molecule has 0 nitrogen and oxygen atoms in total. The first kappa shape index (κ1) is 31.5. The van der Waals surface area contributed by atoms with Gasteiger partial charge in [0, 0.05) is 0 Å². The third-order valence-corrected chi connectivity index (χ3v) is 8.13. The van der Waals surface area contributed by atoms with Gasteiger partial charge in [0.25, 0.3) is 0 Å². The van der Waals surface area contributed by atoms with Gasteiger partial charge < -0.3 is 14.9 Å². The van der Waals surface area contributed by atoms with Crippen LogP contribution in [0.4, 0.5) is 0 Å². The molecule has 200 valence electrons. The Labute approximate surface area is 260 Å². The minimum Gasteiger partial charge on any atom is -0.358 e. The fourth-order valence-electron chi connectivity index (χ4n) is 6.48. The van der Waals surface area contributed by atoms with Crippen LogP contribution in [0.1, 0.15) is 50.7 Å². The van der Waals surface area contributed by atoms with Gasteiger partial charge in [0.1, 0.15) is 0 Å². The summed E-state index contributed by atoms with van der Waals surface area (Å²) in [5.74, 6) is 0. The Balaban J connectivity index is 0.00000147. The molecule has 6 aromatic rings. The molecule has 0 aliphatic carbocycles. The summed E-state index contributed by atoms with van der Waals surface area (Å²) in [5.41, 5.74) is 8.15. The molecule has 0 aliphatic heterocycles. The maximum atomic E-state index is 2.50. The minimum atomic E-state index is 0. The van der Waals surface area contributed by atoms with Crippen molar-refractivity contribution >= 4 is 21.5 Å². The molecule has 0 bridgehead atoms. The molecule has 0 amide bonds. The summed E-state index contributed by atoms with van der Waals surface area (Å²) < 4.78 is 0. The second-order valence-corrected chi connectivity index (χ2v) is 10.4. The van der Waals surface area contributed by atoms with E-state index >= 15 is 0 Å². The van der Waals surface area contributed by atoms with E-state index in [1.807, 2.05) is 0 Å². The SMILES string of the molecule is CCCC(CCC)(c1cc2c(-c3ccccc3)cccc2[cH-]1)c1cc2c(-c3ccccc3)cccc2[cH-]1.[CH3-].[CH3-].[Hf+4]. The van der Waals surface area contributed by atoms with Crippen molar-refractivity contribution in [3.05, 3.63) is 147 Å². The minimum absolute atomic E-state index is 0. The van der Waals surface area contributed by atoms with Gasteiger partial charge in [-0.25, -0.2) is 0 Å². The van der Waals surface area contributed by atoms with Crippen LogP contribution in [0.5, 0.6) is 0 Å². The van der Waals surface area contributed by atoms with Crippen molar-refractivity contribution in [3.63, 3.8) is 0 Å². The van der Waals surface area contributed by atoms with E-state index in [2.05, 4.69) is 135 Å². The second-order valence-electron chi connectivity index (χ2n) is 10.4. The summed E-state index contributed by atoms with van der Waals surface area (Å²) in [4.78, 5) is 0. The van der Waals surface area contributed by atoms with Gasteiger partial charge in [-0.2, -0.15) is 12.1 Å². The molecule has 0 saturated heterocycles. The number of benzene rings is 4. The average molecular weight is 687 g/mol. The van der Waals surface area contributed by atoms with Gasteiger partial charge in [-0.1, -0.05) is 111 Å². The second kappa shape index (κ2) is 13.6. The molecule has 0 spiro atoms. The topological polar surface area (TPSA) is 0 Å². The number of fused-ring (bicyclic) bond motifs is 2. The summed E-state index contributed by atoms with van der Waals surface area (Å²) in [6.07, 6.45) is 4.60. The van der Waals surface area contributed by atoms with Gasteiger partial charge in [0.05, 0.1) is 0 Å².